The molecule has 8 heteroatoms. The Hall–Kier alpha value is -8.36. The molecule has 476 valence electrons. The number of benzene rings is 8. The Balaban J connectivity index is 1.28. The van der Waals surface area contributed by atoms with Gasteiger partial charge in [0, 0.05) is 74.8 Å². The van der Waals surface area contributed by atoms with E-state index in [0.717, 1.165) is 66.8 Å². The summed E-state index contributed by atoms with van der Waals surface area (Å²) in [7, 11) is 0. The van der Waals surface area contributed by atoms with Gasteiger partial charge in [0.2, 0.25) is 0 Å². The van der Waals surface area contributed by atoms with Crippen LogP contribution in [0.2, 0.25) is 0 Å². The zero-order valence-corrected chi connectivity index (χ0v) is 57.9. The van der Waals surface area contributed by atoms with Gasteiger partial charge in [-0.25, -0.2) is 0 Å². The van der Waals surface area contributed by atoms with Crippen molar-refractivity contribution in [1.29, 1.82) is 0 Å². The highest BCUT2D eigenvalue weighted by molar-refractivity contribution is 5.88. The monoisotopic (exact) mass is 1220 g/mol. The first kappa shape index (κ1) is 68.5. The molecular formula is C83H100N4O4. The number of phenols is 4. The summed E-state index contributed by atoms with van der Waals surface area (Å²) >= 11 is 0. The number of nitrogens with zero attached hydrogens (tertiary/aromatic N) is 4. The molecule has 0 aliphatic rings. The van der Waals surface area contributed by atoms with Gasteiger partial charge in [0.25, 0.3) is 0 Å². The molecular weight excluding hydrogens is 1120 g/mol. The molecule has 8 aromatic rings. The third-order valence-electron chi connectivity index (χ3n) is 17.6. The first-order valence-corrected chi connectivity index (χ1v) is 32.2. The van der Waals surface area contributed by atoms with Crippen LogP contribution in [0.1, 0.15) is 252 Å². The van der Waals surface area contributed by atoms with E-state index < -0.39 is 40.4 Å². The summed E-state index contributed by atoms with van der Waals surface area (Å²) in [6, 6.07) is 55.1. The highest BCUT2D eigenvalue weighted by Gasteiger charge is 2.34. The lowest BCUT2D eigenvalue weighted by atomic mass is 9.72. The van der Waals surface area contributed by atoms with Gasteiger partial charge in [-0.1, -0.05) is 284 Å². The lowest BCUT2D eigenvalue weighted by Crippen LogP contribution is -2.23. The fourth-order valence-corrected chi connectivity index (χ4v) is 11.7. The predicted molar refractivity (Wildman–Crippen MR) is 384 cm³/mol. The second-order valence-corrected chi connectivity index (χ2v) is 31.5. The standard InChI is InChI=1S/C83H100N4O4/c1-77(2,3)61-41-57(73(88)65(45-61)79(7,8)9)49-84-69(53-33-25-21-26-34-53)71(55-37-29-23-30-38-55)86-51-59-43-63(47-67(75(59)90)81(13,14)15)83(19,20)64-44-60(76(91)68(48-64)82(16,17)18)52-87-72(56-39-31-24-32-40-56)70(54-35-27-22-28-36-54)85-50-58-42-62(78(4,5)6)46-66(74(58)89)80(10,11)12/h21-52,69-72,88-91H,1-20H3/t69-,70-,71-,72-/m0/s1. The van der Waals surface area contributed by atoms with Gasteiger partial charge in [0.05, 0.1) is 0 Å². The van der Waals surface area contributed by atoms with Crippen molar-refractivity contribution in [3.63, 3.8) is 0 Å². The number of rotatable bonds is 16. The molecule has 8 aromatic carbocycles. The smallest absolute Gasteiger partial charge is 0.128 e. The third kappa shape index (κ3) is 16.0. The third-order valence-corrected chi connectivity index (χ3v) is 17.6. The Bertz CT molecular complexity index is 3690. The lowest BCUT2D eigenvalue weighted by Gasteiger charge is -2.32. The Morgan fingerprint density at radius 1 is 0.253 bits per heavy atom. The minimum atomic E-state index is -0.719. The summed E-state index contributed by atoms with van der Waals surface area (Å²) in [4.78, 5) is 21.7. The average molecular weight is 1220 g/mol. The normalized spacial score (nSPS) is 14.6. The Morgan fingerprint density at radius 3 is 0.626 bits per heavy atom. The summed E-state index contributed by atoms with van der Waals surface area (Å²) in [6.07, 6.45) is 7.23. The Kier molecular flexibility index (Phi) is 19.9. The van der Waals surface area contributed by atoms with Crippen molar-refractivity contribution in [3.05, 3.63) is 259 Å². The molecule has 0 bridgehead atoms. The van der Waals surface area contributed by atoms with Crippen molar-refractivity contribution in [3.8, 4) is 23.0 Å². The zero-order valence-electron chi connectivity index (χ0n) is 57.9. The van der Waals surface area contributed by atoms with E-state index in [0.29, 0.717) is 22.3 Å². The largest absolute Gasteiger partial charge is 0.507 e. The lowest BCUT2D eigenvalue weighted by molar-refractivity contribution is 0.442. The summed E-state index contributed by atoms with van der Waals surface area (Å²) < 4.78 is 0. The van der Waals surface area contributed by atoms with Gasteiger partial charge < -0.3 is 20.4 Å². The van der Waals surface area contributed by atoms with E-state index in [1.807, 2.05) is 109 Å². The fourth-order valence-electron chi connectivity index (χ4n) is 11.7. The average Bonchev–Trinajstić information content (AvgIpc) is 0.795. The summed E-state index contributed by atoms with van der Waals surface area (Å²) in [5, 5.41) is 49.0. The van der Waals surface area contributed by atoms with Gasteiger partial charge in [0.15, 0.2) is 0 Å². The van der Waals surface area contributed by atoms with Crippen LogP contribution in [0.15, 0.2) is 190 Å². The maximum atomic E-state index is 12.5. The van der Waals surface area contributed by atoms with Gasteiger partial charge in [0.1, 0.15) is 47.2 Å². The molecule has 4 atom stereocenters. The molecule has 8 rings (SSSR count). The first-order valence-electron chi connectivity index (χ1n) is 32.2. The first-order chi connectivity index (χ1) is 42.3. The summed E-state index contributed by atoms with van der Waals surface area (Å²) in [5.41, 5.74) is 10.8. The van der Waals surface area contributed by atoms with Crippen LogP contribution in [0.4, 0.5) is 0 Å². The molecule has 4 N–H and O–H groups in total. The SMILES string of the molecule is CC(C)(C)c1cc(C=N[C@@H](c2ccccc2)[C@@H](N=Cc2cc(C(C)(C)c3cc(C=N[C@@H](c4ccccc4)[C@@H](N=Cc4cc(C(C)(C)C)cc(C(C)(C)C)c4O)c4ccccc4)c(O)c(C(C)(C)C)c3)cc(C(C)(C)C)c2O)c2ccccc2)c(O)c(C(C)(C)C)c1. The van der Waals surface area contributed by atoms with Crippen molar-refractivity contribution < 1.29 is 20.4 Å². The number of aliphatic imine (C=N–C) groups is 4. The van der Waals surface area contributed by atoms with Gasteiger partial charge in [-0.05, 0) is 101 Å². The molecule has 0 heterocycles. The van der Waals surface area contributed by atoms with Gasteiger partial charge in [-0.3, -0.25) is 20.0 Å². The summed E-state index contributed by atoms with van der Waals surface area (Å²) in [6.45, 7) is 42.9. The topological polar surface area (TPSA) is 130 Å². The molecule has 0 unspecified atom stereocenters. The fraction of sp³-hybridized carbons (Fsp3) is 0.373. The second kappa shape index (κ2) is 26.5. The highest BCUT2D eigenvalue weighted by atomic mass is 16.3. The molecule has 0 saturated heterocycles. The van der Waals surface area contributed by atoms with Gasteiger partial charge in [-0.15, -0.1) is 0 Å². The van der Waals surface area contributed by atoms with Crippen molar-refractivity contribution in [2.75, 3.05) is 0 Å². The highest BCUT2D eigenvalue weighted by Crippen LogP contribution is 2.46. The molecule has 0 saturated carbocycles. The second-order valence-electron chi connectivity index (χ2n) is 31.5. The van der Waals surface area contributed by atoms with E-state index in [9.17, 15) is 20.4 Å². The van der Waals surface area contributed by atoms with Crippen LogP contribution in [0, 0.1) is 0 Å². The summed E-state index contributed by atoms with van der Waals surface area (Å²) in [5.74, 6) is 0.706. The van der Waals surface area contributed by atoms with E-state index in [1.54, 1.807) is 12.4 Å². The molecule has 0 aromatic heterocycles. The molecule has 91 heavy (non-hydrogen) atoms. The molecule has 8 nitrogen and oxygen atoms in total. The number of phenolic OH excluding ortho intramolecular Hbond substituents is 4. The number of hydrogen-bond donors (Lipinski definition) is 4. The van der Waals surface area contributed by atoms with E-state index in [2.05, 4.69) is 211 Å². The number of aromatic hydroxyl groups is 4. The van der Waals surface area contributed by atoms with Crippen LogP contribution >= 0.6 is 0 Å². The molecule has 0 aliphatic heterocycles. The Labute approximate surface area is 544 Å². The minimum Gasteiger partial charge on any atom is -0.507 e. The molecule has 0 amide bonds. The van der Waals surface area contributed by atoms with Gasteiger partial charge >= 0.3 is 0 Å². The van der Waals surface area contributed by atoms with E-state index in [1.165, 1.54) is 0 Å². The minimum absolute atomic E-state index is 0.143. The quantitative estimate of drug-likeness (QED) is 0.0718. The molecule has 0 spiro atoms. The maximum absolute atomic E-state index is 12.5. The van der Waals surface area contributed by atoms with Crippen LogP contribution in [0.5, 0.6) is 23.0 Å². The zero-order chi connectivity index (χ0) is 66.8. The van der Waals surface area contributed by atoms with Gasteiger partial charge in [-0.2, -0.15) is 0 Å². The maximum Gasteiger partial charge on any atom is 0.128 e. The number of hydrogen-bond acceptors (Lipinski definition) is 8. The van der Waals surface area contributed by atoms with Crippen LogP contribution in [-0.4, -0.2) is 45.3 Å². The van der Waals surface area contributed by atoms with E-state index >= 15 is 0 Å². The Morgan fingerprint density at radius 2 is 0.440 bits per heavy atom. The van der Waals surface area contributed by atoms with Crippen molar-refractivity contribution in [2.45, 2.75) is 201 Å². The van der Waals surface area contributed by atoms with Crippen LogP contribution in [0.25, 0.3) is 0 Å². The molecule has 0 fully saturated rings. The van der Waals surface area contributed by atoms with Crippen LogP contribution in [-0.2, 0) is 37.9 Å². The van der Waals surface area contributed by atoms with E-state index in [4.69, 9.17) is 20.0 Å². The molecule has 0 aliphatic carbocycles. The van der Waals surface area contributed by atoms with Crippen LogP contribution < -0.4 is 0 Å². The van der Waals surface area contributed by atoms with Crippen molar-refractivity contribution >= 4 is 24.9 Å². The van der Waals surface area contributed by atoms with Crippen LogP contribution in [0.3, 0.4) is 0 Å². The van der Waals surface area contributed by atoms with Crippen molar-refractivity contribution in [2.24, 2.45) is 20.0 Å². The van der Waals surface area contributed by atoms with Crippen molar-refractivity contribution in [1.82, 2.24) is 0 Å². The van der Waals surface area contributed by atoms with E-state index in [-0.39, 0.29) is 44.7 Å². The molecule has 0 radical (unpaired) electrons. The predicted octanol–water partition coefficient (Wildman–Crippen LogP) is 20.7.